The standard InChI is InChI=1S/C15H24ClN3S.HI/c1-3-17-15(18-9-4-5-10-20-2)19-12-13-7-6-8-14(16)11-13;/h6-8,11H,3-5,9-10,12H2,1-2H3,(H2,17,18,19);1H. The van der Waals surface area contributed by atoms with E-state index in [0.29, 0.717) is 6.54 Å². The van der Waals surface area contributed by atoms with Crippen LogP contribution in [0.3, 0.4) is 0 Å². The van der Waals surface area contributed by atoms with Gasteiger partial charge in [-0.05, 0) is 49.5 Å². The Morgan fingerprint density at radius 1 is 1.29 bits per heavy atom. The Balaban J connectivity index is 0.00000400. The van der Waals surface area contributed by atoms with Crippen molar-refractivity contribution in [2.75, 3.05) is 25.1 Å². The van der Waals surface area contributed by atoms with Gasteiger partial charge in [0, 0.05) is 18.1 Å². The number of nitrogens with one attached hydrogen (secondary N) is 2. The van der Waals surface area contributed by atoms with Crippen LogP contribution in [0, 0.1) is 0 Å². The van der Waals surface area contributed by atoms with E-state index < -0.39 is 0 Å². The van der Waals surface area contributed by atoms with Gasteiger partial charge in [0.2, 0.25) is 0 Å². The van der Waals surface area contributed by atoms with Gasteiger partial charge in [-0.2, -0.15) is 11.8 Å². The van der Waals surface area contributed by atoms with E-state index in [1.54, 1.807) is 0 Å². The zero-order chi connectivity index (χ0) is 14.6. The second-order valence-electron chi connectivity index (χ2n) is 4.45. The van der Waals surface area contributed by atoms with Gasteiger partial charge < -0.3 is 10.6 Å². The fourth-order valence-corrected chi connectivity index (χ4v) is 2.43. The number of hydrogen-bond acceptors (Lipinski definition) is 2. The molecule has 120 valence electrons. The van der Waals surface area contributed by atoms with E-state index in [1.807, 2.05) is 36.0 Å². The van der Waals surface area contributed by atoms with Crippen molar-refractivity contribution in [3.05, 3.63) is 34.9 Å². The highest BCUT2D eigenvalue weighted by molar-refractivity contribution is 14.0. The molecule has 0 unspecified atom stereocenters. The molecule has 3 nitrogen and oxygen atoms in total. The van der Waals surface area contributed by atoms with Crippen molar-refractivity contribution in [3.8, 4) is 0 Å². The van der Waals surface area contributed by atoms with Crippen LogP contribution in [-0.4, -0.2) is 31.1 Å². The number of benzene rings is 1. The Bertz CT molecular complexity index is 416. The zero-order valence-electron chi connectivity index (χ0n) is 12.7. The highest BCUT2D eigenvalue weighted by atomic mass is 127. The predicted octanol–water partition coefficient (Wildman–Crippen LogP) is 4.16. The third-order valence-corrected chi connectivity index (χ3v) is 3.65. The van der Waals surface area contributed by atoms with Crippen LogP contribution in [0.25, 0.3) is 0 Å². The molecule has 0 fully saturated rings. The summed E-state index contributed by atoms with van der Waals surface area (Å²) in [4.78, 5) is 4.57. The molecular formula is C15H25ClIN3S. The SMILES string of the molecule is CCNC(=NCc1cccc(Cl)c1)NCCCCSC.I. The third-order valence-electron chi connectivity index (χ3n) is 2.72. The Hall–Kier alpha value is -0.140. The number of guanidine groups is 1. The zero-order valence-corrected chi connectivity index (χ0v) is 16.6. The van der Waals surface area contributed by atoms with Crippen molar-refractivity contribution in [1.82, 2.24) is 10.6 Å². The normalized spacial score (nSPS) is 10.9. The van der Waals surface area contributed by atoms with Gasteiger partial charge in [-0.3, -0.25) is 0 Å². The minimum absolute atomic E-state index is 0. The first-order valence-electron chi connectivity index (χ1n) is 7.01. The van der Waals surface area contributed by atoms with Gasteiger partial charge in [-0.15, -0.1) is 24.0 Å². The number of rotatable bonds is 8. The van der Waals surface area contributed by atoms with Crippen molar-refractivity contribution in [1.29, 1.82) is 0 Å². The number of unbranched alkanes of at least 4 members (excludes halogenated alkanes) is 1. The van der Waals surface area contributed by atoms with Crippen LogP contribution in [0.15, 0.2) is 29.3 Å². The largest absolute Gasteiger partial charge is 0.357 e. The number of hydrogen-bond donors (Lipinski definition) is 2. The molecule has 0 amide bonds. The lowest BCUT2D eigenvalue weighted by Crippen LogP contribution is -2.37. The van der Waals surface area contributed by atoms with Crippen LogP contribution in [0.1, 0.15) is 25.3 Å². The molecule has 6 heteroatoms. The number of aliphatic imine (C=N–C) groups is 1. The maximum atomic E-state index is 5.97. The molecule has 0 aliphatic rings. The van der Waals surface area contributed by atoms with E-state index in [9.17, 15) is 0 Å². The molecule has 1 rings (SSSR count). The fourth-order valence-electron chi connectivity index (χ4n) is 1.73. The lowest BCUT2D eigenvalue weighted by molar-refractivity contribution is 0.734. The third kappa shape index (κ3) is 10.3. The molecule has 0 aliphatic carbocycles. The highest BCUT2D eigenvalue weighted by Crippen LogP contribution is 2.11. The van der Waals surface area contributed by atoms with Crippen molar-refractivity contribution in [3.63, 3.8) is 0 Å². The molecule has 2 N–H and O–H groups in total. The fraction of sp³-hybridized carbons (Fsp3) is 0.533. The lowest BCUT2D eigenvalue weighted by atomic mass is 10.2. The minimum atomic E-state index is 0. The summed E-state index contributed by atoms with van der Waals surface area (Å²) in [6.07, 6.45) is 4.55. The van der Waals surface area contributed by atoms with Crippen molar-refractivity contribution >= 4 is 53.3 Å². The Kier molecular flexibility index (Phi) is 13.4. The van der Waals surface area contributed by atoms with Crippen molar-refractivity contribution in [2.45, 2.75) is 26.3 Å². The summed E-state index contributed by atoms with van der Waals surface area (Å²) in [5.74, 6) is 2.09. The number of halogens is 2. The van der Waals surface area contributed by atoms with Gasteiger partial charge in [0.1, 0.15) is 0 Å². The summed E-state index contributed by atoms with van der Waals surface area (Å²) in [6, 6.07) is 7.82. The van der Waals surface area contributed by atoms with Crippen LogP contribution in [-0.2, 0) is 6.54 Å². The van der Waals surface area contributed by atoms with Crippen molar-refractivity contribution in [2.24, 2.45) is 4.99 Å². The molecule has 1 aromatic carbocycles. The number of nitrogens with zero attached hydrogens (tertiary/aromatic N) is 1. The van der Waals surface area contributed by atoms with Gasteiger partial charge in [0.15, 0.2) is 5.96 Å². The average Bonchev–Trinajstić information content (AvgIpc) is 2.44. The average molecular weight is 442 g/mol. The van der Waals surface area contributed by atoms with Gasteiger partial charge in [-0.1, -0.05) is 23.7 Å². The molecule has 0 saturated heterocycles. The maximum absolute atomic E-state index is 5.97. The first kappa shape index (κ1) is 20.9. The molecular weight excluding hydrogens is 417 g/mol. The Labute approximate surface area is 154 Å². The molecule has 0 spiro atoms. The predicted molar refractivity (Wildman–Crippen MR) is 107 cm³/mol. The molecule has 0 atom stereocenters. The summed E-state index contributed by atoms with van der Waals surface area (Å²) in [6.45, 7) is 4.54. The molecule has 0 aliphatic heterocycles. The molecule has 0 saturated carbocycles. The summed E-state index contributed by atoms with van der Waals surface area (Å²) in [7, 11) is 0. The summed E-state index contributed by atoms with van der Waals surface area (Å²) < 4.78 is 0. The summed E-state index contributed by atoms with van der Waals surface area (Å²) in [5.41, 5.74) is 1.12. The van der Waals surface area contributed by atoms with E-state index >= 15 is 0 Å². The van der Waals surface area contributed by atoms with Crippen LogP contribution in [0.5, 0.6) is 0 Å². The first-order valence-corrected chi connectivity index (χ1v) is 8.79. The molecule has 21 heavy (non-hydrogen) atoms. The van der Waals surface area contributed by atoms with E-state index in [1.165, 1.54) is 18.6 Å². The molecule has 1 aromatic rings. The van der Waals surface area contributed by atoms with Crippen LogP contribution in [0.4, 0.5) is 0 Å². The highest BCUT2D eigenvalue weighted by Gasteiger charge is 1.98. The summed E-state index contributed by atoms with van der Waals surface area (Å²) >= 11 is 7.87. The van der Waals surface area contributed by atoms with Crippen LogP contribution in [0.2, 0.25) is 5.02 Å². The van der Waals surface area contributed by atoms with Gasteiger partial charge in [-0.25, -0.2) is 4.99 Å². The maximum Gasteiger partial charge on any atom is 0.191 e. The molecule has 0 radical (unpaired) electrons. The second kappa shape index (κ2) is 13.5. The smallest absolute Gasteiger partial charge is 0.191 e. The lowest BCUT2D eigenvalue weighted by Gasteiger charge is -2.11. The molecule has 0 aromatic heterocycles. The second-order valence-corrected chi connectivity index (χ2v) is 5.87. The van der Waals surface area contributed by atoms with Crippen LogP contribution < -0.4 is 10.6 Å². The van der Waals surface area contributed by atoms with E-state index in [-0.39, 0.29) is 24.0 Å². The molecule has 0 bridgehead atoms. The first-order chi connectivity index (χ1) is 9.76. The van der Waals surface area contributed by atoms with Crippen LogP contribution >= 0.6 is 47.3 Å². The van der Waals surface area contributed by atoms with E-state index in [4.69, 9.17) is 11.6 Å². The molecule has 0 heterocycles. The monoisotopic (exact) mass is 441 g/mol. The summed E-state index contributed by atoms with van der Waals surface area (Å²) in [5, 5.41) is 7.38. The van der Waals surface area contributed by atoms with Gasteiger partial charge in [0.25, 0.3) is 0 Å². The quantitative estimate of drug-likeness (QED) is 0.275. The van der Waals surface area contributed by atoms with Gasteiger partial charge in [0.05, 0.1) is 6.54 Å². The van der Waals surface area contributed by atoms with E-state index in [0.717, 1.165) is 29.6 Å². The number of thioether (sulfide) groups is 1. The van der Waals surface area contributed by atoms with E-state index in [2.05, 4.69) is 28.8 Å². The Morgan fingerprint density at radius 2 is 2.10 bits per heavy atom. The topological polar surface area (TPSA) is 36.4 Å². The Morgan fingerprint density at radius 3 is 2.76 bits per heavy atom. The van der Waals surface area contributed by atoms with Crippen molar-refractivity contribution < 1.29 is 0 Å². The minimum Gasteiger partial charge on any atom is -0.357 e. The van der Waals surface area contributed by atoms with Gasteiger partial charge >= 0.3 is 0 Å².